The van der Waals surface area contributed by atoms with Crippen LogP contribution in [0, 0.1) is 0 Å². The highest BCUT2D eigenvalue weighted by molar-refractivity contribution is 5.92. The molecule has 1 saturated carbocycles. The predicted molar refractivity (Wildman–Crippen MR) is 94.1 cm³/mol. The van der Waals surface area contributed by atoms with Crippen molar-refractivity contribution in [3.8, 4) is 0 Å². The minimum atomic E-state index is -0.0838. The number of para-hydroxylation sites is 1. The van der Waals surface area contributed by atoms with Crippen LogP contribution in [0.25, 0.3) is 0 Å². The molecule has 23 heavy (non-hydrogen) atoms. The van der Waals surface area contributed by atoms with Crippen molar-refractivity contribution in [1.29, 1.82) is 0 Å². The summed E-state index contributed by atoms with van der Waals surface area (Å²) in [5.74, 6) is 0. The highest BCUT2D eigenvalue weighted by atomic mass is 16.2. The molecule has 1 aliphatic rings. The monoisotopic (exact) mass is 306 g/mol. The molecular formula is C20H22N2O. The molecule has 1 N–H and O–H groups in total. The second kappa shape index (κ2) is 7.63. The highest BCUT2D eigenvalue weighted by Gasteiger charge is 2.15. The normalized spacial score (nSPS) is 13.7. The molecule has 3 rings (SSSR count). The first-order chi connectivity index (χ1) is 11.3. The molecular weight excluding hydrogens is 284 g/mol. The molecule has 1 fully saturated rings. The summed E-state index contributed by atoms with van der Waals surface area (Å²) in [5.41, 5.74) is 3.35. The van der Waals surface area contributed by atoms with Crippen LogP contribution in [0.4, 0.5) is 10.5 Å². The minimum Gasteiger partial charge on any atom is -0.314 e. The molecule has 2 aromatic rings. The standard InChI is InChI=1S/C20H22N2O/c23-20(21-15-17-9-7-8-10-17)22(19-13-5-2-6-14-19)16-18-11-3-1-4-12-18/h1-6,11-15H,7-10,16H2,(H,21,23). The third-order valence-electron chi connectivity index (χ3n) is 4.14. The average Bonchev–Trinajstić information content (AvgIpc) is 3.13. The molecule has 0 bridgehead atoms. The van der Waals surface area contributed by atoms with Crippen molar-refractivity contribution in [2.75, 3.05) is 4.90 Å². The molecule has 0 aromatic heterocycles. The van der Waals surface area contributed by atoms with Gasteiger partial charge < -0.3 is 5.32 Å². The number of rotatable bonds is 4. The van der Waals surface area contributed by atoms with E-state index in [1.165, 1.54) is 18.4 Å². The predicted octanol–water partition coefficient (Wildman–Crippen LogP) is 4.86. The zero-order valence-electron chi connectivity index (χ0n) is 13.2. The number of nitrogens with zero attached hydrogens (tertiary/aromatic N) is 1. The highest BCUT2D eigenvalue weighted by Crippen LogP contribution is 2.23. The van der Waals surface area contributed by atoms with Crippen LogP contribution in [0.3, 0.4) is 0 Å². The van der Waals surface area contributed by atoms with E-state index >= 15 is 0 Å². The number of amides is 2. The molecule has 118 valence electrons. The summed E-state index contributed by atoms with van der Waals surface area (Å²) in [4.78, 5) is 14.5. The van der Waals surface area contributed by atoms with E-state index in [9.17, 15) is 4.79 Å². The van der Waals surface area contributed by atoms with Crippen LogP contribution >= 0.6 is 0 Å². The molecule has 0 aliphatic heterocycles. The quantitative estimate of drug-likeness (QED) is 0.859. The van der Waals surface area contributed by atoms with E-state index in [1.54, 1.807) is 4.90 Å². The Kier molecular flexibility index (Phi) is 5.09. The largest absolute Gasteiger partial charge is 0.326 e. The first kappa shape index (κ1) is 15.3. The third kappa shape index (κ3) is 4.22. The van der Waals surface area contributed by atoms with E-state index in [-0.39, 0.29) is 6.03 Å². The fourth-order valence-electron chi connectivity index (χ4n) is 2.87. The molecule has 3 nitrogen and oxygen atoms in total. The maximum absolute atomic E-state index is 12.7. The van der Waals surface area contributed by atoms with Crippen LogP contribution in [0.1, 0.15) is 31.2 Å². The minimum absolute atomic E-state index is 0.0838. The number of allylic oxidation sites excluding steroid dienone is 1. The Balaban J connectivity index is 1.77. The van der Waals surface area contributed by atoms with Crippen LogP contribution in [0.15, 0.2) is 72.4 Å². The van der Waals surface area contributed by atoms with Gasteiger partial charge in [-0.2, -0.15) is 0 Å². The van der Waals surface area contributed by atoms with E-state index in [0.29, 0.717) is 6.54 Å². The van der Waals surface area contributed by atoms with E-state index in [1.807, 2.05) is 66.9 Å². The van der Waals surface area contributed by atoms with Gasteiger partial charge in [0, 0.05) is 11.9 Å². The summed E-state index contributed by atoms with van der Waals surface area (Å²) in [5, 5.41) is 2.97. The molecule has 0 unspecified atom stereocenters. The number of carbonyl (C=O) groups is 1. The van der Waals surface area contributed by atoms with Gasteiger partial charge in [-0.3, -0.25) is 4.90 Å². The number of hydrogen-bond acceptors (Lipinski definition) is 1. The van der Waals surface area contributed by atoms with Gasteiger partial charge in [0.25, 0.3) is 0 Å². The first-order valence-corrected chi connectivity index (χ1v) is 8.18. The lowest BCUT2D eigenvalue weighted by molar-refractivity contribution is 0.249. The number of nitrogens with one attached hydrogen (secondary N) is 1. The number of carbonyl (C=O) groups excluding carboxylic acids is 1. The van der Waals surface area contributed by atoms with Crippen LogP contribution in [-0.4, -0.2) is 6.03 Å². The van der Waals surface area contributed by atoms with Crippen molar-refractivity contribution in [2.45, 2.75) is 32.2 Å². The Morgan fingerprint density at radius 1 is 0.957 bits per heavy atom. The molecule has 0 spiro atoms. The summed E-state index contributed by atoms with van der Waals surface area (Å²) in [7, 11) is 0. The Morgan fingerprint density at radius 3 is 2.22 bits per heavy atom. The fourth-order valence-corrected chi connectivity index (χ4v) is 2.87. The molecule has 1 aliphatic carbocycles. The Labute approximate surface area is 137 Å². The summed E-state index contributed by atoms with van der Waals surface area (Å²) in [6.45, 7) is 0.555. The zero-order chi connectivity index (χ0) is 15.9. The molecule has 3 heteroatoms. The smallest absolute Gasteiger partial charge is 0.314 e. The molecule has 0 saturated heterocycles. The Morgan fingerprint density at radius 2 is 1.57 bits per heavy atom. The zero-order valence-corrected chi connectivity index (χ0v) is 13.2. The van der Waals surface area contributed by atoms with Crippen LogP contribution < -0.4 is 10.2 Å². The third-order valence-corrected chi connectivity index (χ3v) is 4.14. The van der Waals surface area contributed by atoms with E-state index < -0.39 is 0 Å². The van der Waals surface area contributed by atoms with E-state index in [2.05, 4.69) is 5.32 Å². The number of hydrogen-bond donors (Lipinski definition) is 1. The number of benzene rings is 2. The maximum Gasteiger partial charge on any atom is 0.326 e. The van der Waals surface area contributed by atoms with Gasteiger partial charge in [0.1, 0.15) is 0 Å². The summed E-state index contributed by atoms with van der Waals surface area (Å²) >= 11 is 0. The van der Waals surface area contributed by atoms with E-state index in [4.69, 9.17) is 0 Å². The second-order valence-electron chi connectivity index (χ2n) is 5.87. The van der Waals surface area contributed by atoms with Crippen molar-refractivity contribution in [2.24, 2.45) is 0 Å². The first-order valence-electron chi connectivity index (χ1n) is 8.18. The average molecular weight is 306 g/mol. The Hall–Kier alpha value is -2.55. The summed E-state index contributed by atoms with van der Waals surface area (Å²) < 4.78 is 0. The van der Waals surface area contributed by atoms with Crippen molar-refractivity contribution in [1.82, 2.24) is 5.32 Å². The van der Waals surface area contributed by atoms with Crippen LogP contribution in [0.5, 0.6) is 0 Å². The SMILES string of the molecule is O=C(NC=C1CCCC1)N(Cc1ccccc1)c1ccccc1. The van der Waals surface area contributed by atoms with Gasteiger partial charge in [0.05, 0.1) is 6.54 Å². The van der Waals surface area contributed by atoms with Crippen LogP contribution in [0.2, 0.25) is 0 Å². The van der Waals surface area contributed by atoms with Crippen molar-refractivity contribution < 1.29 is 4.79 Å². The van der Waals surface area contributed by atoms with Gasteiger partial charge in [-0.25, -0.2) is 4.79 Å². The van der Waals surface area contributed by atoms with Gasteiger partial charge in [-0.15, -0.1) is 0 Å². The molecule has 2 aromatic carbocycles. The van der Waals surface area contributed by atoms with Gasteiger partial charge >= 0.3 is 6.03 Å². The van der Waals surface area contributed by atoms with Crippen molar-refractivity contribution in [3.05, 3.63) is 78.0 Å². The number of urea groups is 1. The maximum atomic E-state index is 12.7. The lowest BCUT2D eigenvalue weighted by Crippen LogP contribution is -2.37. The second-order valence-corrected chi connectivity index (χ2v) is 5.87. The molecule has 0 radical (unpaired) electrons. The lowest BCUT2D eigenvalue weighted by atomic mass is 10.2. The topological polar surface area (TPSA) is 32.3 Å². The Bertz CT molecular complexity index is 657. The lowest BCUT2D eigenvalue weighted by Gasteiger charge is -2.22. The van der Waals surface area contributed by atoms with Crippen molar-refractivity contribution >= 4 is 11.7 Å². The molecule has 0 atom stereocenters. The van der Waals surface area contributed by atoms with Gasteiger partial charge in [-0.1, -0.05) is 54.1 Å². The van der Waals surface area contributed by atoms with Crippen molar-refractivity contribution in [3.63, 3.8) is 0 Å². The molecule has 2 amide bonds. The van der Waals surface area contributed by atoms with Gasteiger partial charge in [-0.05, 0) is 43.4 Å². The summed E-state index contributed by atoms with van der Waals surface area (Å²) in [6.07, 6.45) is 6.56. The fraction of sp³-hybridized carbons (Fsp3) is 0.250. The summed E-state index contributed by atoms with van der Waals surface area (Å²) in [6, 6.07) is 19.8. The van der Waals surface area contributed by atoms with Crippen LogP contribution in [-0.2, 0) is 6.54 Å². The van der Waals surface area contributed by atoms with E-state index in [0.717, 1.165) is 24.1 Å². The van der Waals surface area contributed by atoms with Gasteiger partial charge in [0.2, 0.25) is 0 Å². The molecule has 0 heterocycles. The number of anilines is 1. The van der Waals surface area contributed by atoms with Gasteiger partial charge in [0.15, 0.2) is 0 Å².